The van der Waals surface area contributed by atoms with Gasteiger partial charge in [0.2, 0.25) is 0 Å². The molecule has 0 spiro atoms. The van der Waals surface area contributed by atoms with Crippen LogP contribution in [0.25, 0.3) is 0 Å². The van der Waals surface area contributed by atoms with Crippen molar-refractivity contribution in [2.75, 3.05) is 5.32 Å². The third-order valence-electron chi connectivity index (χ3n) is 2.52. The van der Waals surface area contributed by atoms with E-state index in [4.69, 9.17) is 5.11 Å². The van der Waals surface area contributed by atoms with Gasteiger partial charge in [0.25, 0.3) is 0 Å². The number of carboxylic acid groups (broad SMARTS) is 1. The molecule has 3 N–H and O–H groups in total. The lowest BCUT2D eigenvalue weighted by Gasteiger charge is -2.14. The molecule has 2 rings (SSSR count). The summed E-state index contributed by atoms with van der Waals surface area (Å²) in [6.07, 6.45) is 3.47. The number of anilines is 1. The molecule has 1 atom stereocenters. The molecule has 0 aliphatic rings. The van der Waals surface area contributed by atoms with Crippen molar-refractivity contribution >= 4 is 28.3 Å². The fraction of sp³-hybridized carbons (Fsp3) is 0.250. The van der Waals surface area contributed by atoms with E-state index < -0.39 is 12.0 Å². The number of nitrogens with zero attached hydrogens (tertiary/aromatic N) is 2. The smallest absolute Gasteiger partial charge is 0.338 e. The minimum Gasteiger partial charge on any atom is -0.478 e. The Morgan fingerprint density at radius 3 is 3.00 bits per heavy atom. The number of aromatic nitrogens is 2. The van der Waals surface area contributed by atoms with Crippen molar-refractivity contribution in [3.8, 4) is 0 Å². The molecule has 0 aliphatic heterocycles. The van der Waals surface area contributed by atoms with Gasteiger partial charge >= 0.3 is 12.0 Å². The van der Waals surface area contributed by atoms with Gasteiger partial charge in [-0.2, -0.15) is 5.10 Å². The second-order valence-corrected chi connectivity index (χ2v) is 5.11. The van der Waals surface area contributed by atoms with Gasteiger partial charge in [-0.3, -0.25) is 10.00 Å². The highest BCUT2D eigenvalue weighted by molar-refractivity contribution is 7.14. The van der Waals surface area contributed by atoms with Crippen molar-refractivity contribution < 1.29 is 14.7 Å². The molecule has 2 heterocycles. The van der Waals surface area contributed by atoms with E-state index in [1.807, 2.05) is 6.92 Å². The van der Waals surface area contributed by atoms with Gasteiger partial charge in [0.15, 0.2) is 0 Å². The number of urea groups is 1. The summed E-state index contributed by atoms with van der Waals surface area (Å²) in [5.41, 5.74) is 0.0879. The summed E-state index contributed by atoms with van der Waals surface area (Å²) in [5, 5.41) is 20.2. The lowest BCUT2D eigenvalue weighted by Crippen LogP contribution is -2.38. The molecule has 2 amide bonds. The molecule has 0 aromatic carbocycles. The minimum absolute atomic E-state index is 0.0879. The van der Waals surface area contributed by atoms with Crippen LogP contribution in [-0.2, 0) is 6.54 Å². The first-order valence-electron chi connectivity index (χ1n) is 5.92. The van der Waals surface area contributed by atoms with Crippen molar-refractivity contribution in [1.82, 2.24) is 15.1 Å². The zero-order valence-corrected chi connectivity index (χ0v) is 11.6. The van der Waals surface area contributed by atoms with Gasteiger partial charge in [0.05, 0.1) is 12.1 Å². The Morgan fingerprint density at radius 1 is 1.55 bits per heavy atom. The lowest BCUT2D eigenvalue weighted by atomic mass is 10.3. The summed E-state index contributed by atoms with van der Waals surface area (Å²) in [6.45, 7) is 2.38. The van der Waals surface area contributed by atoms with Crippen LogP contribution in [0.5, 0.6) is 0 Å². The molecule has 0 bridgehead atoms. The van der Waals surface area contributed by atoms with Crippen molar-refractivity contribution in [1.29, 1.82) is 0 Å². The van der Waals surface area contributed by atoms with Gasteiger partial charge in [0, 0.05) is 18.4 Å². The van der Waals surface area contributed by atoms with E-state index in [2.05, 4.69) is 15.7 Å². The number of hydrogen-bond acceptors (Lipinski definition) is 4. The maximum Gasteiger partial charge on any atom is 0.338 e. The molecule has 7 nitrogen and oxygen atoms in total. The van der Waals surface area contributed by atoms with Crippen LogP contribution in [0.2, 0.25) is 0 Å². The van der Waals surface area contributed by atoms with E-state index in [0.29, 0.717) is 11.5 Å². The normalized spacial score (nSPS) is 11.8. The van der Waals surface area contributed by atoms with Crippen LogP contribution >= 0.6 is 11.3 Å². The molecule has 0 saturated heterocycles. The van der Waals surface area contributed by atoms with Crippen LogP contribution in [0, 0.1) is 0 Å². The quantitative estimate of drug-likeness (QED) is 0.784. The average Bonchev–Trinajstić information content (AvgIpc) is 2.99. The van der Waals surface area contributed by atoms with Crippen LogP contribution in [0.3, 0.4) is 0 Å². The first-order chi connectivity index (χ1) is 9.56. The van der Waals surface area contributed by atoms with Crippen molar-refractivity contribution in [2.45, 2.75) is 19.5 Å². The van der Waals surface area contributed by atoms with Gasteiger partial charge in [-0.15, -0.1) is 11.3 Å². The topological polar surface area (TPSA) is 96.3 Å². The van der Waals surface area contributed by atoms with E-state index >= 15 is 0 Å². The highest BCUT2D eigenvalue weighted by atomic mass is 32.1. The number of hydrogen-bond donors (Lipinski definition) is 3. The number of aromatic carboxylic acids is 1. The Kier molecular flexibility index (Phi) is 4.36. The van der Waals surface area contributed by atoms with E-state index in [0.717, 1.165) is 0 Å². The summed E-state index contributed by atoms with van der Waals surface area (Å²) < 4.78 is 1.71. The predicted molar refractivity (Wildman–Crippen MR) is 75.1 cm³/mol. The molecule has 106 valence electrons. The highest BCUT2D eigenvalue weighted by Crippen LogP contribution is 2.22. The van der Waals surface area contributed by atoms with Gasteiger partial charge in [-0.1, -0.05) is 0 Å². The summed E-state index contributed by atoms with van der Waals surface area (Å²) in [5.74, 6) is -1.06. The van der Waals surface area contributed by atoms with E-state index in [-0.39, 0.29) is 11.6 Å². The molecule has 0 saturated carbocycles. The summed E-state index contributed by atoms with van der Waals surface area (Å²) in [6, 6.07) is 2.69. The number of carbonyl (C=O) groups is 2. The fourth-order valence-electron chi connectivity index (χ4n) is 1.67. The number of nitrogens with one attached hydrogen (secondary N) is 2. The predicted octanol–water partition coefficient (Wildman–Crippen LogP) is 1.85. The fourth-order valence-corrected chi connectivity index (χ4v) is 2.45. The SMILES string of the molecule is CC(Cn1cccn1)NC(=O)Nc1sccc1C(=O)O. The standard InChI is InChI=1S/C12H14N4O3S/c1-8(7-16-5-2-4-13-16)14-12(19)15-10-9(11(17)18)3-6-20-10/h2-6,8H,7H2,1H3,(H,17,18)(H2,14,15,19). The second-order valence-electron chi connectivity index (χ2n) is 4.20. The third kappa shape index (κ3) is 3.58. The second kappa shape index (κ2) is 6.20. The Bertz CT molecular complexity index is 594. The Labute approximate surface area is 119 Å². The maximum atomic E-state index is 11.8. The first kappa shape index (κ1) is 14.1. The van der Waals surface area contributed by atoms with Gasteiger partial charge in [-0.05, 0) is 24.4 Å². The van der Waals surface area contributed by atoms with Crippen LogP contribution in [0.4, 0.5) is 9.80 Å². The summed E-state index contributed by atoms with van der Waals surface area (Å²) in [4.78, 5) is 22.7. The number of carbonyl (C=O) groups excluding carboxylic acids is 1. The van der Waals surface area contributed by atoms with Crippen LogP contribution < -0.4 is 10.6 Å². The molecule has 8 heteroatoms. The van der Waals surface area contributed by atoms with E-state index in [1.54, 1.807) is 28.5 Å². The van der Waals surface area contributed by atoms with Crippen molar-refractivity contribution in [3.05, 3.63) is 35.5 Å². The van der Waals surface area contributed by atoms with Crippen LogP contribution in [-0.4, -0.2) is 32.9 Å². The molecule has 20 heavy (non-hydrogen) atoms. The monoisotopic (exact) mass is 294 g/mol. The number of rotatable bonds is 5. The Morgan fingerprint density at radius 2 is 2.35 bits per heavy atom. The highest BCUT2D eigenvalue weighted by Gasteiger charge is 2.15. The molecular formula is C12H14N4O3S. The van der Waals surface area contributed by atoms with Crippen molar-refractivity contribution in [3.63, 3.8) is 0 Å². The average molecular weight is 294 g/mol. The zero-order valence-electron chi connectivity index (χ0n) is 10.7. The number of thiophene rings is 1. The molecule has 0 aliphatic carbocycles. The van der Waals surface area contributed by atoms with E-state index in [1.165, 1.54) is 17.4 Å². The Hall–Kier alpha value is -2.35. The van der Waals surface area contributed by atoms with Gasteiger partial charge < -0.3 is 10.4 Å². The van der Waals surface area contributed by atoms with Crippen LogP contribution in [0.15, 0.2) is 29.9 Å². The molecule has 0 radical (unpaired) electrons. The minimum atomic E-state index is -1.06. The molecule has 2 aromatic rings. The largest absolute Gasteiger partial charge is 0.478 e. The van der Waals surface area contributed by atoms with Crippen molar-refractivity contribution in [2.24, 2.45) is 0 Å². The third-order valence-corrected chi connectivity index (χ3v) is 3.35. The van der Waals surface area contributed by atoms with Gasteiger partial charge in [-0.25, -0.2) is 9.59 Å². The summed E-state index contributed by atoms with van der Waals surface area (Å²) >= 11 is 1.17. The number of carboxylic acids is 1. The van der Waals surface area contributed by atoms with Crippen LogP contribution in [0.1, 0.15) is 17.3 Å². The molecule has 2 aromatic heterocycles. The zero-order chi connectivity index (χ0) is 14.5. The summed E-state index contributed by atoms with van der Waals surface area (Å²) in [7, 11) is 0. The lowest BCUT2D eigenvalue weighted by molar-refractivity contribution is 0.0698. The molecule has 1 unspecified atom stereocenters. The van der Waals surface area contributed by atoms with E-state index in [9.17, 15) is 9.59 Å². The Balaban J connectivity index is 1.89. The maximum absolute atomic E-state index is 11.8. The first-order valence-corrected chi connectivity index (χ1v) is 6.80. The molecule has 0 fully saturated rings. The number of amides is 2. The van der Waals surface area contributed by atoms with Gasteiger partial charge in [0.1, 0.15) is 5.00 Å². The molecular weight excluding hydrogens is 280 g/mol.